The zero-order chi connectivity index (χ0) is 34.4. The Hall–Kier alpha value is -4.18. The molecule has 2 N–H and O–H groups in total. The first-order valence-electron chi connectivity index (χ1n) is 16.4. The van der Waals surface area contributed by atoms with Crippen LogP contribution in [0.4, 0.5) is 0 Å². The highest BCUT2D eigenvalue weighted by Crippen LogP contribution is 2.35. The Morgan fingerprint density at radius 2 is 1.79 bits per heavy atom. The maximum Gasteiger partial charge on any atom is 0.226 e. The molecular weight excluding hydrogens is 638 g/mol. The number of aromatic nitrogens is 1. The minimum atomic E-state index is -2.40. The van der Waals surface area contributed by atoms with Crippen LogP contribution in [0.2, 0.25) is 18.1 Å². The second-order valence-electron chi connectivity index (χ2n) is 12.9. The fourth-order valence-electron chi connectivity index (χ4n) is 5.91. The Balaban J connectivity index is 1.43. The van der Waals surface area contributed by atoms with Gasteiger partial charge in [-0.2, -0.15) is 10.2 Å². The number of rotatable bonds is 9. The number of nitrogens with one attached hydrogen (secondary N) is 1. The van der Waals surface area contributed by atoms with E-state index in [2.05, 4.69) is 28.5 Å². The molecule has 0 radical (unpaired) electrons. The number of carbonyl (C=O) groups is 1. The largest absolute Gasteiger partial charge is 0.497 e. The summed E-state index contributed by atoms with van der Waals surface area (Å²) >= 11 is 6.29. The summed E-state index contributed by atoms with van der Waals surface area (Å²) in [6, 6.07) is 23.3. The standard InChI is InChI=1S/C38H44ClN5O3Si/c1-7-26-20-28-11-15-32(47-4)22-34(28)38(27-8-12-30(39)13-9-27)42-36(25(3)44-43-24(26)2)23-37(45)40-19-18-31-14-10-29-21-33(48(5,6)46)16-17-35(29)41-31/h8-17,21-22,26,38,46H,7,18-20,23H2,1-6H3,(H,40,45)/b42-36?,43-24+,44-25-. The normalized spacial score (nSPS) is 19.2. The molecule has 0 spiro atoms. The molecular formula is C38H44ClN5O3Si. The van der Waals surface area contributed by atoms with Gasteiger partial charge in [-0.1, -0.05) is 54.9 Å². The van der Waals surface area contributed by atoms with Gasteiger partial charge in [0.2, 0.25) is 14.2 Å². The lowest BCUT2D eigenvalue weighted by molar-refractivity contribution is -0.119. The van der Waals surface area contributed by atoms with Crippen molar-refractivity contribution in [1.82, 2.24) is 10.3 Å². The van der Waals surface area contributed by atoms with E-state index in [9.17, 15) is 9.59 Å². The minimum Gasteiger partial charge on any atom is -0.497 e. The highest BCUT2D eigenvalue weighted by atomic mass is 35.5. The molecule has 0 saturated heterocycles. The summed E-state index contributed by atoms with van der Waals surface area (Å²) in [6.07, 6.45) is 2.30. The number of halogens is 1. The van der Waals surface area contributed by atoms with E-state index in [0.717, 1.165) is 62.8 Å². The van der Waals surface area contributed by atoms with E-state index in [-0.39, 0.29) is 18.2 Å². The van der Waals surface area contributed by atoms with Gasteiger partial charge in [0.25, 0.3) is 0 Å². The predicted octanol–water partition coefficient (Wildman–Crippen LogP) is 7.00. The molecule has 1 amide bonds. The van der Waals surface area contributed by atoms with Gasteiger partial charge in [0, 0.05) is 40.7 Å². The Morgan fingerprint density at radius 1 is 1.02 bits per heavy atom. The van der Waals surface area contributed by atoms with E-state index in [1.807, 2.05) is 93.7 Å². The Morgan fingerprint density at radius 3 is 2.50 bits per heavy atom. The number of aliphatic imine (C=N–C) groups is 1. The molecule has 2 unspecified atom stereocenters. The van der Waals surface area contributed by atoms with Gasteiger partial charge < -0.3 is 14.8 Å². The number of hydrogen-bond acceptors (Lipinski definition) is 7. The molecule has 0 fully saturated rings. The van der Waals surface area contributed by atoms with Crippen molar-refractivity contribution in [3.8, 4) is 5.75 Å². The third-order valence-corrected chi connectivity index (χ3v) is 10.9. The van der Waals surface area contributed by atoms with E-state index >= 15 is 0 Å². The molecule has 1 aliphatic heterocycles. The van der Waals surface area contributed by atoms with Crippen molar-refractivity contribution in [3.63, 3.8) is 0 Å². The van der Waals surface area contributed by atoms with Crippen LogP contribution in [0.1, 0.15) is 62.0 Å². The average Bonchev–Trinajstić information content (AvgIpc) is 3.08. The third kappa shape index (κ3) is 8.64. The predicted molar refractivity (Wildman–Crippen MR) is 200 cm³/mol. The van der Waals surface area contributed by atoms with Gasteiger partial charge in [0.1, 0.15) is 11.8 Å². The average molecular weight is 682 g/mol. The number of fused-ring (bicyclic) bond motifs is 2. The van der Waals surface area contributed by atoms with Crippen LogP contribution < -0.4 is 15.2 Å². The molecule has 4 aromatic rings. The van der Waals surface area contributed by atoms with Gasteiger partial charge >= 0.3 is 0 Å². The second-order valence-corrected chi connectivity index (χ2v) is 17.0. The fourth-order valence-corrected chi connectivity index (χ4v) is 7.04. The van der Waals surface area contributed by atoms with E-state index in [1.54, 1.807) is 7.11 Å². The second kappa shape index (κ2) is 15.4. The topological polar surface area (TPSA) is 109 Å². The van der Waals surface area contributed by atoms with Crippen LogP contribution in [-0.2, 0) is 17.6 Å². The number of benzene rings is 3. The van der Waals surface area contributed by atoms with Gasteiger partial charge in [0.05, 0.1) is 30.5 Å². The summed E-state index contributed by atoms with van der Waals surface area (Å²) in [5.74, 6) is 0.771. The smallest absolute Gasteiger partial charge is 0.226 e. The van der Waals surface area contributed by atoms with Gasteiger partial charge in [-0.05, 0) is 98.1 Å². The maximum absolute atomic E-state index is 13.4. The van der Waals surface area contributed by atoms with Crippen molar-refractivity contribution in [2.24, 2.45) is 21.1 Å². The summed E-state index contributed by atoms with van der Waals surface area (Å²) < 4.78 is 5.65. The summed E-state index contributed by atoms with van der Waals surface area (Å²) in [6.45, 7) is 10.3. The highest BCUT2D eigenvalue weighted by Gasteiger charge is 2.24. The molecule has 0 aliphatic carbocycles. The fraction of sp³-hybridized carbons (Fsp3) is 0.342. The van der Waals surface area contributed by atoms with Crippen LogP contribution in [0.5, 0.6) is 5.75 Å². The van der Waals surface area contributed by atoms with Crippen molar-refractivity contribution < 1.29 is 14.3 Å². The molecule has 48 heavy (non-hydrogen) atoms. The van der Waals surface area contributed by atoms with Gasteiger partial charge in [0.15, 0.2) is 0 Å². The van der Waals surface area contributed by atoms with Crippen molar-refractivity contribution in [2.45, 2.75) is 65.6 Å². The van der Waals surface area contributed by atoms with Crippen LogP contribution >= 0.6 is 11.6 Å². The molecule has 3 aromatic carbocycles. The maximum atomic E-state index is 13.4. The lowest BCUT2D eigenvalue weighted by atomic mass is 9.87. The van der Waals surface area contributed by atoms with Crippen LogP contribution in [0, 0.1) is 5.92 Å². The monoisotopic (exact) mass is 681 g/mol. The van der Waals surface area contributed by atoms with E-state index in [0.29, 0.717) is 29.4 Å². The lowest BCUT2D eigenvalue weighted by Gasteiger charge is -2.22. The molecule has 1 aliphatic rings. The van der Waals surface area contributed by atoms with Crippen LogP contribution in [-0.4, -0.2) is 54.8 Å². The first-order chi connectivity index (χ1) is 22.9. The number of amides is 1. The van der Waals surface area contributed by atoms with Crippen LogP contribution in [0.15, 0.2) is 88.0 Å². The Kier molecular flexibility index (Phi) is 11.2. The summed E-state index contributed by atoms with van der Waals surface area (Å²) in [4.78, 5) is 34.0. The number of nitrogens with zero attached hydrogens (tertiary/aromatic N) is 4. The van der Waals surface area contributed by atoms with E-state index in [1.165, 1.54) is 0 Å². The number of methoxy groups -OCH3 is 1. The zero-order valence-corrected chi connectivity index (χ0v) is 30.3. The summed E-state index contributed by atoms with van der Waals surface area (Å²) in [5, 5.41) is 14.9. The Bertz CT molecular complexity index is 1880. The molecule has 5 rings (SSSR count). The number of ether oxygens (including phenoxy) is 1. The molecule has 2 heterocycles. The molecule has 0 bridgehead atoms. The van der Waals surface area contributed by atoms with Crippen molar-refractivity contribution in [1.29, 1.82) is 0 Å². The van der Waals surface area contributed by atoms with E-state index in [4.69, 9.17) is 26.3 Å². The zero-order valence-electron chi connectivity index (χ0n) is 28.5. The molecule has 0 saturated carbocycles. The number of carbonyl (C=O) groups excluding carboxylic acids is 1. The molecule has 8 nitrogen and oxygen atoms in total. The molecule has 250 valence electrons. The summed E-state index contributed by atoms with van der Waals surface area (Å²) in [5.41, 5.74) is 6.94. The van der Waals surface area contributed by atoms with Crippen LogP contribution in [0.3, 0.4) is 0 Å². The van der Waals surface area contributed by atoms with E-state index < -0.39 is 14.4 Å². The highest BCUT2D eigenvalue weighted by molar-refractivity contribution is 6.83. The van der Waals surface area contributed by atoms with Crippen molar-refractivity contribution in [2.75, 3.05) is 13.7 Å². The lowest BCUT2D eigenvalue weighted by Crippen LogP contribution is -2.41. The first-order valence-corrected chi connectivity index (χ1v) is 19.7. The SMILES string of the molecule is CCC1Cc2ccc(OC)cc2C(c2ccc(Cl)cc2)N=C(CC(=O)NCCc2ccc3cc([Si](C)(C)O)ccc3n2)/C(C)=N\N=C\1C. The quantitative estimate of drug-likeness (QED) is 0.186. The molecule has 10 heteroatoms. The first kappa shape index (κ1) is 35.1. The molecule has 2 atom stereocenters. The van der Waals surface area contributed by atoms with Gasteiger partial charge in [-0.25, -0.2) is 0 Å². The number of pyridine rings is 1. The van der Waals surface area contributed by atoms with Crippen LogP contribution in [0.25, 0.3) is 10.9 Å². The minimum absolute atomic E-state index is 0.0409. The van der Waals surface area contributed by atoms with Gasteiger partial charge in [-0.3, -0.25) is 14.8 Å². The van der Waals surface area contributed by atoms with Gasteiger partial charge in [-0.15, -0.1) is 0 Å². The Labute approximate surface area is 289 Å². The van der Waals surface area contributed by atoms with Crippen molar-refractivity contribution in [3.05, 3.63) is 100 Å². The summed E-state index contributed by atoms with van der Waals surface area (Å²) in [7, 11) is -0.742. The van der Waals surface area contributed by atoms with Crippen molar-refractivity contribution >= 4 is 59.1 Å². The third-order valence-electron chi connectivity index (χ3n) is 8.93. The molecule has 1 aromatic heterocycles. The number of hydrogen-bond donors (Lipinski definition) is 2.